The van der Waals surface area contributed by atoms with Gasteiger partial charge in [-0.3, -0.25) is 0 Å². The summed E-state index contributed by atoms with van der Waals surface area (Å²) in [5, 5.41) is 3.67. The molecular formula is C17H13F3N2O2S. The van der Waals surface area contributed by atoms with Gasteiger partial charge in [-0.15, -0.1) is 0 Å². The van der Waals surface area contributed by atoms with Crippen LogP contribution in [0.2, 0.25) is 0 Å². The van der Waals surface area contributed by atoms with Crippen molar-refractivity contribution in [1.82, 2.24) is 9.78 Å². The van der Waals surface area contributed by atoms with E-state index in [9.17, 15) is 21.6 Å². The van der Waals surface area contributed by atoms with E-state index in [4.69, 9.17) is 0 Å². The third-order valence-corrected chi connectivity index (χ3v) is 4.37. The fourth-order valence-electron chi connectivity index (χ4n) is 2.36. The van der Waals surface area contributed by atoms with Crippen molar-refractivity contribution in [2.45, 2.75) is 18.0 Å². The van der Waals surface area contributed by atoms with Gasteiger partial charge in [-0.2, -0.15) is 18.3 Å². The van der Waals surface area contributed by atoms with Crippen LogP contribution < -0.4 is 0 Å². The maximum atomic E-state index is 13.1. The highest BCUT2D eigenvalue weighted by atomic mass is 32.2. The Bertz CT molecular complexity index is 965. The first-order valence-corrected chi connectivity index (χ1v) is 8.42. The smallest absolute Gasteiger partial charge is 0.233 e. The van der Waals surface area contributed by atoms with Crippen LogP contribution in [0.5, 0.6) is 0 Å². The van der Waals surface area contributed by atoms with Crippen LogP contribution in [-0.2, 0) is 16.9 Å². The Morgan fingerprint density at radius 1 is 0.960 bits per heavy atom. The molecule has 25 heavy (non-hydrogen) atoms. The maximum absolute atomic E-state index is 13.1. The van der Waals surface area contributed by atoms with Gasteiger partial charge in [0.25, 0.3) is 0 Å². The Morgan fingerprint density at radius 2 is 1.56 bits per heavy atom. The SMILES string of the molecule is Cc1ccc(-c2cc(C(F)(F)F)nn2-c2ccc([SH](=O)=O)cc2)cc1. The number of nitrogens with zero attached hydrogens (tertiary/aromatic N) is 2. The molecule has 3 aromatic rings. The number of halogens is 3. The number of alkyl halides is 3. The van der Waals surface area contributed by atoms with Crippen LogP contribution in [0.15, 0.2) is 59.5 Å². The predicted molar refractivity (Wildman–Crippen MR) is 87.3 cm³/mol. The summed E-state index contributed by atoms with van der Waals surface area (Å²) >= 11 is 0. The Kier molecular flexibility index (Phi) is 4.38. The third-order valence-electron chi connectivity index (χ3n) is 3.65. The summed E-state index contributed by atoms with van der Waals surface area (Å²) in [5.74, 6) is 0. The van der Waals surface area contributed by atoms with Crippen molar-refractivity contribution in [3.8, 4) is 16.9 Å². The highest BCUT2D eigenvalue weighted by Gasteiger charge is 2.35. The molecule has 3 rings (SSSR count). The number of aryl methyl sites for hydroxylation is 1. The van der Waals surface area contributed by atoms with Crippen molar-refractivity contribution in [3.05, 3.63) is 65.9 Å². The van der Waals surface area contributed by atoms with Crippen LogP contribution in [0.3, 0.4) is 0 Å². The van der Waals surface area contributed by atoms with Crippen molar-refractivity contribution in [2.24, 2.45) is 0 Å². The van der Waals surface area contributed by atoms with E-state index in [2.05, 4.69) is 5.10 Å². The molecule has 4 nitrogen and oxygen atoms in total. The van der Waals surface area contributed by atoms with Crippen molar-refractivity contribution in [3.63, 3.8) is 0 Å². The molecule has 0 unspecified atom stereocenters. The summed E-state index contributed by atoms with van der Waals surface area (Å²) in [4.78, 5) is 0.0823. The van der Waals surface area contributed by atoms with Gasteiger partial charge >= 0.3 is 6.18 Å². The summed E-state index contributed by atoms with van der Waals surface area (Å²) in [5.41, 5.74) is 1.15. The van der Waals surface area contributed by atoms with Gasteiger partial charge in [0.1, 0.15) is 0 Å². The first-order valence-electron chi connectivity index (χ1n) is 7.25. The normalized spacial score (nSPS) is 11.9. The summed E-state index contributed by atoms with van der Waals surface area (Å²) in [6, 6.07) is 13.5. The van der Waals surface area contributed by atoms with Crippen molar-refractivity contribution >= 4 is 10.7 Å². The molecule has 0 aliphatic heterocycles. The molecule has 130 valence electrons. The lowest BCUT2D eigenvalue weighted by Crippen LogP contribution is -2.07. The average molecular weight is 366 g/mol. The Labute approximate surface area is 143 Å². The van der Waals surface area contributed by atoms with Crippen molar-refractivity contribution in [2.75, 3.05) is 0 Å². The quantitative estimate of drug-likeness (QED) is 0.717. The van der Waals surface area contributed by atoms with Gasteiger partial charge in [-0.05, 0) is 37.3 Å². The van der Waals surface area contributed by atoms with Gasteiger partial charge in [0.15, 0.2) is 16.4 Å². The molecule has 0 atom stereocenters. The molecule has 1 heterocycles. The maximum Gasteiger partial charge on any atom is 0.435 e. The minimum atomic E-state index is -4.58. The van der Waals surface area contributed by atoms with E-state index in [-0.39, 0.29) is 10.6 Å². The molecule has 0 radical (unpaired) electrons. The van der Waals surface area contributed by atoms with Gasteiger partial charge in [0.2, 0.25) is 0 Å². The number of hydrogen-bond acceptors (Lipinski definition) is 3. The fourth-order valence-corrected chi connectivity index (χ4v) is 2.75. The average Bonchev–Trinajstić information content (AvgIpc) is 3.01. The second-order valence-corrected chi connectivity index (χ2v) is 6.49. The summed E-state index contributed by atoms with van der Waals surface area (Å²) in [6.45, 7) is 1.88. The van der Waals surface area contributed by atoms with E-state index < -0.39 is 22.6 Å². The second kappa shape index (κ2) is 6.36. The molecule has 0 fully saturated rings. The van der Waals surface area contributed by atoms with Crippen LogP contribution in [-0.4, -0.2) is 18.2 Å². The number of rotatable bonds is 3. The highest BCUT2D eigenvalue weighted by Crippen LogP contribution is 2.33. The molecule has 1 aromatic heterocycles. The zero-order valence-corrected chi connectivity index (χ0v) is 13.9. The summed E-state index contributed by atoms with van der Waals surface area (Å²) < 4.78 is 62.4. The minimum Gasteiger partial charge on any atom is -0.233 e. The lowest BCUT2D eigenvalue weighted by atomic mass is 10.1. The molecule has 8 heteroatoms. The van der Waals surface area contributed by atoms with Gasteiger partial charge in [-0.1, -0.05) is 29.8 Å². The van der Waals surface area contributed by atoms with Crippen LogP contribution >= 0.6 is 0 Å². The first-order chi connectivity index (χ1) is 11.8. The Morgan fingerprint density at radius 3 is 2.08 bits per heavy atom. The van der Waals surface area contributed by atoms with Gasteiger partial charge in [0, 0.05) is 5.56 Å². The number of hydrogen-bond donors (Lipinski definition) is 1. The molecule has 0 aliphatic carbocycles. The lowest BCUT2D eigenvalue weighted by molar-refractivity contribution is -0.141. The number of benzene rings is 2. The highest BCUT2D eigenvalue weighted by molar-refractivity contribution is 7.72. The lowest BCUT2D eigenvalue weighted by Gasteiger charge is -2.08. The largest absolute Gasteiger partial charge is 0.435 e. The van der Waals surface area contributed by atoms with E-state index in [0.29, 0.717) is 11.3 Å². The van der Waals surface area contributed by atoms with E-state index in [1.165, 1.54) is 24.3 Å². The summed E-state index contributed by atoms with van der Waals surface area (Å²) in [6.07, 6.45) is -4.58. The standard InChI is InChI=1S/C17H13F3N2O2S/c1-11-2-4-12(5-3-11)15-10-16(17(18,19)20)21-22(15)13-6-8-14(9-7-13)25(23)24/h2-10,25H,1H3. The predicted octanol–water partition coefficient (Wildman–Crippen LogP) is 3.84. The van der Waals surface area contributed by atoms with Gasteiger partial charge < -0.3 is 0 Å². The van der Waals surface area contributed by atoms with Crippen molar-refractivity contribution < 1.29 is 21.6 Å². The summed E-state index contributed by atoms with van der Waals surface area (Å²) in [7, 11) is -2.76. The van der Waals surface area contributed by atoms with Crippen LogP contribution in [0.4, 0.5) is 13.2 Å². The van der Waals surface area contributed by atoms with Crippen LogP contribution in [0.25, 0.3) is 16.9 Å². The van der Waals surface area contributed by atoms with Crippen molar-refractivity contribution in [1.29, 1.82) is 0 Å². The Balaban J connectivity index is 2.16. The zero-order valence-electron chi connectivity index (χ0n) is 13.0. The van der Waals surface area contributed by atoms with E-state index >= 15 is 0 Å². The van der Waals surface area contributed by atoms with E-state index in [1.54, 1.807) is 24.3 Å². The molecule has 0 amide bonds. The second-order valence-electron chi connectivity index (χ2n) is 5.46. The molecule has 0 N–H and O–H groups in total. The molecule has 0 saturated heterocycles. The third kappa shape index (κ3) is 3.58. The molecule has 0 saturated carbocycles. The van der Waals surface area contributed by atoms with Crippen LogP contribution in [0.1, 0.15) is 11.3 Å². The fraction of sp³-hybridized carbons (Fsp3) is 0.118. The first kappa shape index (κ1) is 17.2. The minimum absolute atomic E-state index is 0.0823. The topological polar surface area (TPSA) is 52.0 Å². The molecule has 0 spiro atoms. The Hall–Kier alpha value is -2.61. The molecule has 0 bridgehead atoms. The van der Waals surface area contributed by atoms with Gasteiger partial charge in [0.05, 0.1) is 16.3 Å². The molecular weight excluding hydrogens is 353 g/mol. The monoisotopic (exact) mass is 366 g/mol. The zero-order chi connectivity index (χ0) is 18.2. The van der Waals surface area contributed by atoms with Gasteiger partial charge in [-0.25, -0.2) is 13.1 Å². The van der Waals surface area contributed by atoms with E-state index in [0.717, 1.165) is 16.3 Å². The van der Waals surface area contributed by atoms with Crippen LogP contribution in [0, 0.1) is 6.92 Å². The number of thiol groups is 1. The molecule has 0 aliphatic rings. The van der Waals surface area contributed by atoms with E-state index in [1.807, 2.05) is 6.92 Å². The number of aromatic nitrogens is 2. The molecule has 2 aromatic carbocycles.